The quantitative estimate of drug-likeness (QED) is 0.596. The van der Waals surface area contributed by atoms with Crippen LogP contribution in [0.25, 0.3) is 10.9 Å². The molecule has 1 heterocycles. The van der Waals surface area contributed by atoms with Crippen LogP contribution in [-0.4, -0.2) is 17.3 Å². The SMILES string of the molecule is NCCCSc1cc2ccccc2[nH]1. The molecule has 1 aromatic heterocycles. The molecule has 0 aliphatic rings. The zero-order chi connectivity index (χ0) is 9.80. The molecule has 2 nitrogen and oxygen atoms in total. The van der Waals surface area contributed by atoms with Gasteiger partial charge in [-0.1, -0.05) is 18.2 Å². The highest BCUT2D eigenvalue weighted by atomic mass is 32.2. The number of aromatic amines is 1. The first kappa shape index (κ1) is 9.62. The van der Waals surface area contributed by atoms with Crippen LogP contribution < -0.4 is 5.73 Å². The maximum Gasteiger partial charge on any atom is 0.0732 e. The Balaban J connectivity index is 2.11. The Morgan fingerprint density at radius 2 is 2.14 bits per heavy atom. The molecule has 0 atom stereocenters. The number of nitrogens with two attached hydrogens (primary N) is 1. The molecule has 1 aromatic carbocycles. The minimum Gasteiger partial charge on any atom is -0.350 e. The molecule has 2 aromatic rings. The number of fused-ring (bicyclic) bond motifs is 1. The first-order chi connectivity index (χ1) is 6.90. The summed E-state index contributed by atoms with van der Waals surface area (Å²) >= 11 is 1.84. The molecule has 74 valence electrons. The Labute approximate surface area is 87.9 Å². The molecule has 0 unspecified atom stereocenters. The van der Waals surface area contributed by atoms with Crippen LogP contribution in [-0.2, 0) is 0 Å². The van der Waals surface area contributed by atoms with E-state index in [1.54, 1.807) is 0 Å². The van der Waals surface area contributed by atoms with Crippen molar-refractivity contribution in [3.8, 4) is 0 Å². The number of hydrogen-bond donors (Lipinski definition) is 2. The minimum atomic E-state index is 0.771. The largest absolute Gasteiger partial charge is 0.350 e. The molecule has 3 heteroatoms. The van der Waals surface area contributed by atoms with Crippen molar-refractivity contribution in [2.24, 2.45) is 5.73 Å². The Hall–Kier alpha value is -0.930. The highest BCUT2D eigenvalue weighted by molar-refractivity contribution is 7.99. The lowest BCUT2D eigenvalue weighted by molar-refractivity contribution is 0.942. The van der Waals surface area contributed by atoms with Crippen molar-refractivity contribution in [2.45, 2.75) is 11.4 Å². The first-order valence-corrected chi connectivity index (χ1v) is 5.79. The van der Waals surface area contributed by atoms with Crippen LogP contribution in [0.1, 0.15) is 6.42 Å². The molecule has 14 heavy (non-hydrogen) atoms. The molecule has 0 saturated heterocycles. The van der Waals surface area contributed by atoms with Gasteiger partial charge in [0.15, 0.2) is 0 Å². The summed E-state index contributed by atoms with van der Waals surface area (Å²) in [5.41, 5.74) is 6.66. The van der Waals surface area contributed by atoms with Crippen molar-refractivity contribution in [3.05, 3.63) is 30.3 Å². The van der Waals surface area contributed by atoms with Gasteiger partial charge in [-0.15, -0.1) is 11.8 Å². The second-order valence-corrected chi connectivity index (χ2v) is 4.35. The maximum atomic E-state index is 5.44. The second kappa shape index (κ2) is 4.53. The van der Waals surface area contributed by atoms with Gasteiger partial charge in [-0.05, 0) is 25.1 Å². The Bertz CT molecular complexity index is 375. The third-order valence-corrected chi connectivity index (χ3v) is 3.13. The van der Waals surface area contributed by atoms with E-state index in [0.29, 0.717) is 0 Å². The van der Waals surface area contributed by atoms with Gasteiger partial charge in [-0.2, -0.15) is 0 Å². The second-order valence-electron chi connectivity index (χ2n) is 3.21. The smallest absolute Gasteiger partial charge is 0.0732 e. The van der Waals surface area contributed by atoms with E-state index in [1.807, 2.05) is 17.8 Å². The summed E-state index contributed by atoms with van der Waals surface area (Å²) in [6, 6.07) is 10.5. The van der Waals surface area contributed by atoms with Gasteiger partial charge in [0.05, 0.1) is 5.03 Å². The predicted molar refractivity (Wildman–Crippen MR) is 62.7 cm³/mol. The lowest BCUT2D eigenvalue weighted by Crippen LogP contribution is -1.99. The van der Waals surface area contributed by atoms with Crippen LogP contribution in [0.2, 0.25) is 0 Å². The van der Waals surface area contributed by atoms with Gasteiger partial charge in [0.1, 0.15) is 0 Å². The van der Waals surface area contributed by atoms with Gasteiger partial charge < -0.3 is 10.7 Å². The third-order valence-electron chi connectivity index (χ3n) is 2.11. The van der Waals surface area contributed by atoms with Crippen LogP contribution in [0.15, 0.2) is 35.4 Å². The van der Waals surface area contributed by atoms with Gasteiger partial charge in [-0.3, -0.25) is 0 Å². The Kier molecular flexibility index (Phi) is 3.11. The minimum absolute atomic E-state index is 0.771. The standard InChI is InChI=1S/C11H14N2S/c12-6-3-7-14-11-8-9-4-1-2-5-10(9)13-11/h1-2,4-5,8,13H,3,6-7,12H2. The highest BCUT2D eigenvalue weighted by Gasteiger charge is 1.99. The van der Waals surface area contributed by atoms with Gasteiger partial charge in [-0.25, -0.2) is 0 Å². The van der Waals surface area contributed by atoms with E-state index in [-0.39, 0.29) is 0 Å². The van der Waals surface area contributed by atoms with E-state index >= 15 is 0 Å². The van der Waals surface area contributed by atoms with E-state index in [2.05, 4.69) is 29.2 Å². The molecule has 0 radical (unpaired) electrons. The molecule has 0 bridgehead atoms. The van der Waals surface area contributed by atoms with E-state index < -0.39 is 0 Å². The molecule has 0 spiro atoms. The van der Waals surface area contributed by atoms with Crippen LogP contribution in [0, 0.1) is 0 Å². The molecular formula is C11H14N2S. The van der Waals surface area contributed by atoms with Crippen molar-refractivity contribution in [2.75, 3.05) is 12.3 Å². The molecule has 0 saturated carbocycles. The lowest BCUT2D eigenvalue weighted by atomic mass is 10.3. The van der Waals surface area contributed by atoms with Gasteiger partial charge >= 0.3 is 0 Å². The summed E-state index contributed by atoms with van der Waals surface area (Å²) in [6.45, 7) is 0.771. The Morgan fingerprint density at radius 1 is 1.29 bits per heavy atom. The number of hydrogen-bond acceptors (Lipinski definition) is 2. The van der Waals surface area contributed by atoms with E-state index in [4.69, 9.17) is 5.73 Å². The normalized spacial score (nSPS) is 10.9. The number of rotatable bonds is 4. The highest BCUT2D eigenvalue weighted by Crippen LogP contribution is 2.23. The number of para-hydroxylation sites is 1. The van der Waals surface area contributed by atoms with Crippen LogP contribution in [0.4, 0.5) is 0 Å². The van der Waals surface area contributed by atoms with Crippen LogP contribution >= 0.6 is 11.8 Å². The molecule has 0 amide bonds. The average Bonchev–Trinajstić information content (AvgIpc) is 2.60. The molecule has 2 rings (SSSR count). The van der Waals surface area contributed by atoms with Crippen molar-refractivity contribution < 1.29 is 0 Å². The molecular weight excluding hydrogens is 192 g/mol. The monoisotopic (exact) mass is 206 g/mol. The van der Waals surface area contributed by atoms with Crippen molar-refractivity contribution in [1.82, 2.24) is 4.98 Å². The van der Waals surface area contributed by atoms with Crippen molar-refractivity contribution in [3.63, 3.8) is 0 Å². The fraction of sp³-hybridized carbons (Fsp3) is 0.273. The summed E-state index contributed by atoms with van der Waals surface area (Å²) in [6.07, 6.45) is 1.07. The number of H-pyrrole nitrogens is 1. The van der Waals surface area contributed by atoms with Gasteiger partial charge in [0.25, 0.3) is 0 Å². The van der Waals surface area contributed by atoms with E-state index in [1.165, 1.54) is 15.9 Å². The number of thioether (sulfide) groups is 1. The summed E-state index contributed by atoms with van der Waals surface area (Å²) < 4.78 is 0. The topological polar surface area (TPSA) is 41.8 Å². The van der Waals surface area contributed by atoms with E-state index in [0.717, 1.165) is 18.7 Å². The van der Waals surface area contributed by atoms with E-state index in [9.17, 15) is 0 Å². The fourth-order valence-corrected chi connectivity index (χ4v) is 2.31. The van der Waals surface area contributed by atoms with Gasteiger partial charge in [0.2, 0.25) is 0 Å². The third kappa shape index (κ3) is 2.11. The molecule has 0 aliphatic heterocycles. The first-order valence-electron chi connectivity index (χ1n) is 4.81. The van der Waals surface area contributed by atoms with Crippen LogP contribution in [0.5, 0.6) is 0 Å². The zero-order valence-electron chi connectivity index (χ0n) is 7.99. The molecule has 3 N–H and O–H groups in total. The number of aromatic nitrogens is 1. The number of nitrogens with one attached hydrogen (secondary N) is 1. The molecule has 0 fully saturated rings. The van der Waals surface area contributed by atoms with Crippen molar-refractivity contribution in [1.29, 1.82) is 0 Å². The number of benzene rings is 1. The average molecular weight is 206 g/mol. The molecule has 0 aliphatic carbocycles. The van der Waals surface area contributed by atoms with Crippen molar-refractivity contribution >= 4 is 22.7 Å². The fourth-order valence-electron chi connectivity index (χ4n) is 1.39. The lowest BCUT2D eigenvalue weighted by Gasteiger charge is -1.94. The summed E-state index contributed by atoms with van der Waals surface area (Å²) in [7, 11) is 0. The predicted octanol–water partition coefficient (Wildman–Crippen LogP) is 2.61. The van der Waals surface area contributed by atoms with Gasteiger partial charge in [0, 0.05) is 16.7 Å². The summed E-state index contributed by atoms with van der Waals surface area (Å²) in [5, 5.41) is 2.52. The zero-order valence-corrected chi connectivity index (χ0v) is 8.81. The van der Waals surface area contributed by atoms with Crippen LogP contribution in [0.3, 0.4) is 0 Å². The Morgan fingerprint density at radius 3 is 2.93 bits per heavy atom. The summed E-state index contributed by atoms with van der Waals surface area (Å²) in [4.78, 5) is 3.38. The summed E-state index contributed by atoms with van der Waals surface area (Å²) in [5.74, 6) is 1.09. The maximum absolute atomic E-state index is 5.44.